The zero-order valence-electron chi connectivity index (χ0n) is 13.9. The summed E-state index contributed by atoms with van der Waals surface area (Å²) < 4.78 is 5.06. The van der Waals surface area contributed by atoms with Gasteiger partial charge < -0.3 is 14.7 Å². The average molecular weight is 334 g/mol. The molecule has 0 saturated carbocycles. The molecule has 1 aliphatic rings. The first-order chi connectivity index (χ1) is 11.0. The largest absolute Gasteiger partial charge is 0.340 e. The van der Waals surface area contributed by atoms with Gasteiger partial charge in [0, 0.05) is 23.2 Å². The Morgan fingerprint density at radius 2 is 2.26 bits per heavy atom. The van der Waals surface area contributed by atoms with E-state index in [9.17, 15) is 4.79 Å². The molecule has 1 fully saturated rings. The third kappa shape index (κ3) is 3.24. The maximum absolute atomic E-state index is 12.7. The molecule has 0 radical (unpaired) electrons. The van der Waals surface area contributed by atoms with Crippen LogP contribution in [0.5, 0.6) is 0 Å². The Balaban J connectivity index is 1.71. The van der Waals surface area contributed by atoms with Crippen molar-refractivity contribution in [1.29, 1.82) is 0 Å². The number of nitrogens with zero attached hydrogens (tertiary/aromatic N) is 3. The van der Waals surface area contributed by atoms with Crippen molar-refractivity contribution in [1.82, 2.24) is 20.4 Å². The number of hydrogen-bond donors (Lipinski definition) is 1. The summed E-state index contributed by atoms with van der Waals surface area (Å²) in [5, 5.41) is 7.09. The molecule has 23 heavy (non-hydrogen) atoms. The number of nitrogens with one attached hydrogen (secondary N) is 1. The number of urea groups is 1. The monoisotopic (exact) mass is 334 g/mol. The molecule has 124 valence electrons. The van der Waals surface area contributed by atoms with Gasteiger partial charge in [-0.05, 0) is 45.2 Å². The molecule has 0 aliphatic carbocycles. The first kappa shape index (κ1) is 16.0. The van der Waals surface area contributed by atoms with Gasteiger partial charge in [-0.2, -0.15) is 4.98 Å². The Kier molecular flexibility index (Phi) is 4.39. The zero-order valence-corrected chi connectivity index (χ0v) is 14.7. The smallest absolute Gasteiger partial charge is 0.318 e. The Morgan fingerprint density at radius 3 is 2.87 bits per heavy atom. The minimum Gasteiger partial charge on any atom is -0.340 e. The summed E-state index contributed by atoms with van der Waals surface area (Å²) in [7, 11) is 0. The highest BCUT2D eigenvalue weighted by atomic mass is 32.1. The van der Waals surface area contributed by atoms with Crippen LogP contribution in [-0.2, 0) is 0 Å². The van der Waals surface area contributed by atoms with E-state index in [2.05, 4.69) is 35.4 Å². The minimum atomic E-state index is -0.0926. The number of aryl methyl sites for hydroxylation is 3. The Labute approximate surface area is 139 Å². The molecule has 7 heteroatoms. The topological polar surface area (TPSA) is 71.3 Å². The molecule has 6 nitrogen and oxygen atoms in total. The van der Waals surface area contributed by atoms with Gasteiger partial charge >= 0.3 is 6.03 Å². The van der Waals surface area contributed by atoms with Gasteiger partial charge in [0.15, 0.2) is 5.82 Å². The maximum atomic E-state index is 12.7. The molecular formula is C16H22N4O2S. The van der Waals surface area contributed by atoms with Crippen molar-refractivity contribution in [3.8, 4) is 0 Å². The lowest BCUT2D eigenvalue weighted by Crippen LogP contribution is -2.40. The highest BCUT2D eigenvalue weighted by molar-refractivity contribution is 7.12. The van der Waals surface area contributed by atoms with Gasteiger partial charge in [0.05, 0.1) is 12.1 Å². The number of carbonyl (C=O) groups is 1. The number of hydrogen-bond acceptors (Lipinski definition) is 5. The predicted octanol–water partition coefficient (Wildman–Crippen LogP) is 3.66. The molecule has 2 aromatic heterocycles. The third-order valence-corrected chi connectivity index (χ3v) is 5.22. The quantitative estimate of drug-likeness (QED) is 0.930. The standard InChI is InChI=1S/C16H22N4O2S/c1-9-8-13(11(3)23-9)10(2)17-16(21)20-7-5-6-14(20)15-18-12(4)22-19-15/h8,10,14H,5-7H2,1-4H3,(H,17,21). The Bertz CT molecular complexity index is 709. The van der Waals surface area contributed by atoms with Crippen molar-refractivity contribution in [2.75, 3.05) is 6.54 Å². The van der Waals surface area contributed by atoms with Crippen LogP contribution >= 0.6 is 11.3 Å². The van der Waals surface area contributed by atoms with E-state index in [0.717, 1.165) is 19.4 Å². The summed E-state index contributed by atoms with van der Waals surface area (Å²) in [5.74, 6) is 1.13. The van der Waals surface area contributed by atoms with Crippen LogP contribution in [0.15, 0.2) is 10.6 Å². The van der Waals surface area contributed by atoms with Crippen LogP contribution in [0.25, 0.3) is 0 Å². The van der Waals surface area contributed by atoms with E-state index in [1.54, 1.807) is 18.3 Å². The number of carbonyl (C=O) groups excluding carboxylic acids is 1. The maximum Gasteiger partial charge on any atom is 0.318 e. The van der Waals surface area contributed by atoms with E-state index in [-0.39, 0.29) is 18.1 Å². The minimum absolute atomic E-state index is 0.0132. The van der Waals surface area contributed by atoms with Gasteiger partial charge in [0.25, 0.3) is 0 Å². The van der Waals surface area contributed by atoms with Crippen LogP contribution in [0, 0.1) is 20.8 Å². The lowest BCUT2D eigenvalue weighted by molar-refractivity contribution is 0.186. The molecule has 2 amide bonds. The summed E-state index contributed by atoms with van der Waals surface area (Å²) in [5.41, 5.74) is 1.19. The summed E-state index contributed by atoms with van der Waals surface area (Å²) in [6, 6.07) is 1.98. The lowest BCUT2D eigenvalue weighted by atomic mass is 10.1. The normalized spacial score (nSPS) is 19.1. The molecular weight excluding hydrogens is 312 g/mol. The van der Waals surface area contributed by atoms with E-state index in [0.29, 0.717) is 11.7 Å². The zero-order chi connectivity index (χ0) is 16.6. The van der Waals surface area contributed by atoms with Gasteiger partial charge in [-0.3, -0.25) is 0 Å². The van der Waals surface area contributed by atoms with E-state index in [1.165, 1.54) is 15.3 Å². The number of thiophene rings is 1. The second kappa shape index (κ2) is 6.31. The molecule has 0 bridgehead atoms. The van der Waals surface area contributed by atoms with Crippen LogP contribution in [0.3, 0.4) is 0 Å². The number of amides is 2. The molecule has 2 unspecified atom stereocenters. The Hall–Kier alpha value is -1.89. The number of rotatable bonds is 3. The van der Waals surface area contributed by atoms with Crippen molar-refractivity contribution in [3.63, 3.8) is 0 Å². The molecule has 1 aliphatic heterocycles. The molecule has 0 aromatic carbocycles. The average Bonchev–Trinajstić information content (AvgIpc) is 3.18. The summed E-state index contributed by atoms with van der Waals surface area (Å²) in [4.78, 5) is 21.3. The first-order valence-corrected chi connectivity index (χ1v) is 8.71. The fourth-order valence-corrected chi connectivity index (χ4v) is 4.18. The van der Waals surface area contributed by atoms with Gasteiger partial charge in [-0.1, -0.05) is 5.16 Å². The number of likely N-dealkylation sites (tertiary alicyclic amines) is 1. The fourth-order valence-electron chi connectivity index (χ4n) is 3.15. The summed E-state index contributed by atoms with van der Waals surface area (Å²) in [6.45, 7) is 8.69. The second-order valence-corrected chi connectivity index (χ2v) is 7.52. The predicted molar refractivity (Wildman–Crippen MR) is 88.5 cm³/mol. The molecule has 2 aromatic rings. The van der Waals surface area contributed by atoms with Crippen LogP contribution in [0.1, 0.15) is 58.9 Å². The van der Waals surface area contributed by atoms with Gasteiger partial charge in [0.2, 0.25) is 5.89 Å². The van der Waals surface area contributed by atoms with Crippen LogP contribution < -0.4 is 5.32 Å². The molecule has 1 N–H and O–H groups in total. The van der Waals surface area contributed by atoms with Gasteiger partial charge in [-0.15, -0.1) is 11.3 Å². The molecule has 0 spiro atoms. The van der Waals surface area contributed by atoms with Crippen LogP contribution in [0.4, 0.5) is 4.79 Å². The van der Waals surface area contributed by atoms with Crippen molar-refractivity contribution < 1.29 is 9.32 Å². The highest BCUT2D eigenvalue weighted by Crippen LogP contribution is 2.31. The van der Waals surface area contributed by atoms with Gasteiger partial charge in [0.1, 0.15) is 0 Å². The third-order valence-electron chi connectivity index (χ3n) is 4.24. The van der Waals surface area contributed by atoms with E-state index < -0.39 is 0 Å². The summed E-state index contributed by atoms with van der Waals surface area (Å²) in [6.07, 6.45) is 1.83. The SMILES string of the molecule is Cc1nc(C2CCCN2C(=O)NC(C)c2cc(C)sc2C)no1. The fraction of sp³-hybridized carbons (Fsp3) is 0.562. The van der Waals surface area contributed by atoms with Crippen LogP contribution in [-0.4, -0.2) is 27.6 Å². The Morgan fingerprint density at radius 1 is 1.48 bits per heavy atom. The van der Waals surface area contributed by atoms with Crippen molar-refractivity contribution in [3.05, 3.63) is 33.1 Å². The van der Waals surface area contributed by atoms with E-state index >= 15 is 0 Å². The highest BCUT2D eigenvalue weighted by Gasteiger charge is 2.33. The van der Waals surface area contributed by atoms with Crippen molar-refractivity contribution in [2.45, 2.75) is 52.6 Å². The number of aromatic nitrogens is 2. The lowest BCUT2D eigenvalue weighted by Gasteiger charge is -2.25. The molecule has 1 saturated heterocycles. The van der Waals surface area contributed by atoms with Crippen molar-refractivity contribution >= 4 is 17.4 Å². The van der Waals surface area contributed by atoms with E-state index in [1.807, 2.05) is 11.8 Å². The molecule has 2 atom stereocenters. The first-order valence-electron chi connectivity index (χ1n) is 7.90. The molecule has 3 heterocycles. The van der Waals surface area contributed by atoms with Crippen LogP contribution in [0.2, 0.25) is 0 Å². The second-order valence-electron chi connectivity index (χ2n) is 6.06. The van der Waals surface area contributed by atoms with E-state index in [4.69, 9.17) is 4.52 Å². The molecule has 3 rings (SSSR count). The van der Waals surface area contributed by atoms with Gasteiger partial charge in [-0.25, -0.2) is 4.79 Å². The van der Waals surface area contributed by atoms with Crippen molar-refractivity contribution in [2.24, 2.45) is 0 Å². The summed E-state index contributed by atoms with van der Waals surface area (Å²) >= 11 is 1.76.